The van der Waals surface area contributed by atoms with Crippen LogP contribution >= 0.6 is 0 Å². The van der Waals surface area contributed by atoms with Gasteiger partial charge >= 0.3 is 0 Å². The SMILES string of the molecule is CCCC(C)(C(=O)CC12CC(C)CC3CC(C1)C32)C(C)C. The molecule has 0 radical (unpaired) electrons. The van der Waals surface area contributed by atoms with Crippen molar-refractivity contribution in [2.24, 2.45) is 40.4 Å². The topological polar surface area (TPSA) is 17.1 Å². The molecule has 0 aromatic carbocycles. The molecule has 0 bridgehead atoms. The molecular formula is C20H34O. The van der Waals surface area contributed by atoms with Crippen LogP contribution in [0.4, 0.5) is 0 Å². The van der Waals surface area contributed by atoms with E-state index in [1.165, 1.54) is 25.7 Å². The molecule has 6 atom stereocenters. The molecule has 3 saturated carbocycles. The van der Waals surface area contributed by atoms with E-state index in [9.17, 15) is 4.79 Å². The van der Waals surface area contributed by atoms with Gasteiger partial charge in [-0.1, -0.05) is 41.0 Å². The summed E-state index contributed by atoms with van der Waals surface area (Å²) in [5.41, 5.74) is 0.334. The van der Waals surface area contributed by atoms with E-state index < -0.39 is 0 Å². The van der Waals surface area contributed by atoms with Crippen LogP contribution in [0, 0.1) is 40.4 Å². The highest BCUT2D eigenvalue weighted by atomic mass is 16.1. The second-order valence-corrected chi connectivity index (χ2v) is 9.32. The van der Waals surface area contributed by atoms with Gasteiger partial charge < -0.3 is 0 Å². The van der Waals surface area contributed by atoms with Crippen LogP contribution < -0.4 is 0 Å². The van der Waals surface area contributed by atoms with Gasteiger partial charge in [0.05, 0.1) is 0 Å². The molecule has 0 amide bonds. The summed E-state index contributed by atoms with van der Waals surface area (Å²) >= 11 is 0. The van der Waals surface area contributed by atoms with Crippen molar-refractivity contribution in [3.8, 4) is 0 Å². The van der Waals surface area contributed by atoms with Gasteiger partial charge in [-0.3, -0.25) is 4.79 Å². The van der Waals surface area contributed by atoms with Crippen molar-refractivity contribution in [1.82, 2.24) is 0 Å². The molecule has 0 aromatic heterocycles. The average Bonchev–Trinajstić information content (AvgIpc) is 2.33. The van der Waals surface area contributed by atoms with E-state index >= 15 is 0 Å². The predicted molar refractivity (Wildman–Crippen MR) is 88.0 cm³/mol. The van der Waals surface area contributed by atoms with Gasteiger partial charge in [-0.25, -0.2) is 0 Å². The molecule has 1 heteroatoms. The van der Waals surface area contributed by atoms with Crippen LogP contribution in [0.5, 0.6) is 0 Å². The van der Waals surface area contributed by atoms with Crippen molar-refractivity contribution < 1.29 is 4.79 Å². The first-order valence-electron chi connectivity index (χ1n) is 9.35. The lowest BCUT2D eigenvalue weighted by Crippen LogP contribution is -2.63. The third-order valence-corrected chi connectivity index (χ3v) is 7.65. The lowest BCUT2D eigenvalue weighted by Gasteiger charge is -2.70. The summed E-state index contributed by atoms with van der Waals surface area (Å²) in [4.78, 5) is 13.2. The molecule has 0 heterocycles. The molecule has 3 fully saturated rings. The maximum Gasteiger partial charge on any atom is 0.139 e. The number of hydrogen-bond acceptors (Lipinski definition) is 1. The second kappa shape index (κ2) is 5.10. The Morgan fingerprint density at radius 2 is 1.95 bits per heavy atom. The molecule has 3 aliphatic carbocycles. The van der Waals surface area contributed by atoms with Crippen LogP contribution in [0.25, 0.3) is 0 Å². The minimum absolute atomic E-state index is 0.0888. The van der Waals surface area contributed by atoms with E-state index in [0.717, 1.165) is 42.9 Å². The fourth-order valence-electron chi connectivity index (χ4n) is 6.39. The van der Waals surface area contributed by atoms with Gasteiger partial charge in [0.15, 0.2) is 0 Å². The highest BCUT2D eigenvalue weighted by Crippen LogP contribution is 2.72. The van der Waals surface area contributed by atoms with E-state index in [2.05, 4.69) is 34.6 Å². The number of rotatable bonds is 6. The van der Waals surface area contributed by atoms with Gasteiger partial charge in [-0.15, -0.1) is 0 Å². The van der Waals surface area contributed by atoms with E-state index in [-0.39, 0.29) is 5.41 Å². The smallest absolute Gasteiger partial charge is 0.139 e. The number of carbonyl (C=O) groups is 1. The van der Waals surface area contributed by atoms with Crippen molar-refractivity contribution in [2.75, 3.05) is 0 Å². The van der Waals surface area contributed by atoms with Gasteiger partial charge in [0.1, 0.15) is 5.78 Å². The summed E-state index contributed by atoms with van der Waals surface area (Å²) in [5.74, 6) is 4.78. The van der Waals surface area contributed by atoms with Crippen molar-refractivity contribution >= 4 is 5.78 Å². The summed E-state index contributed by atoms with van der Waals surface area (Å²) < 4.78 is 0. The molecule has 0 spiro atoms. The molecule has 3 aliphatic rings. The van der Waals surface area contributed by atoms with Crippen LogP contribution in [0.1, 0.15) is 79.6 Å². The molecule has 0 saturated heterocycles. The Bertz CT molecular complexity index is 426. The maximum atomic E-state index is 13.2. The molecule has 120 valence electrons. The van der Waals surface area contributed by atoms with Crippen molar-refractivity contribution in [1.29, 1.82) is 0 Å². The Kier molecular flexibility index (Phi) is 3.78. The summed E-state index contributed by atoms with van der Waals surface area (Å²) in [6, 6.07) is 0. The lowest BCUT2D eigenvalue weighted by molar-refractivity contribution is -0.212. The largest absolute Gasteiger partial charge is 0.299 e. The first-order chi connectivity index (χ1) is 9.82. The minimum atomic E-state index is -0.0888. The Morgan fingerprint density at radius 3 is 2.52 bits per heavy atom. The van der Waals surface area contributed by atoms with Crippen LogP contribution in [-0.2, 0) is 4.79 Å². The summed E-state index contributed by atoms with van der Waals surface area (Å²) in [6.07, 6.45) is 8.69. The maximum absolute atomic E-state index is 13.2. The molecule has 0 aliphatic heterocycles. The highest BCUT2D eigenvalue weighted by Gasteiger charge is 2.65. The zero-order chi connectivity index (χ0) is 15.4. The molecule has 21 heavy (non-hydrogen) atoms. The molecular weight excluding hydrogens is 256 g/mol. The Balaban J connectivity index is 1.75. The van der Waals surface area contributed by atoms with Crippen LogP contribution in [-0.4, -0.2) is 5.78 Å². The van der Waals surface area contributed by atoms with E-state index in [1.807, 2.05) is 0 Å². The van der Waals surface area contributed by atoms with Crippen molar-refractivity contribution in [3.05, 3.63) is 0 Å². The van der Waals surface area contributed by atoms with E-state index in [4.69, 9.17) is 0 Å². The minimum Gasteiger partial charge on any atom is -0.299 e. The molecule has 3 rings (SSSR count). The predicted octanol–water partition coefficient (Wildman–Crippen LogP) is 5.48. The van der Waals surface area contributed by atoms with Crippen molar-refractivity contribution in [2.45, 2.75) is 79.6 Å². The van der Waals surface area contributed by atoms with Crippen LogP contribution in [0.2, 0.25) is 0 Å². The van der Waals surface area contributed by atoms with E-state index in [0.29, 0.717) is 17.1 Å². The van der Waals surface area contributed by atoms with E-state index in [1.54, 1.807) is 0 Å². The normalized spacial score (nSPS) is 43.5. The van der Waals surface area contributed by atoms with Gasteiger partial charge in [-0.05, 0) is 67.1 Å². The lowest BCUT2D eigenvalue weighted by atomic mass is 9.34. The Labute approximate surface area is 131 Å². The number of hydrogen-bond donors (Lipinski definition) is 0. The average molecular weight is 290 g/mol. The third kappa shape index (κ3) is 2.21. The molecule has 0 N–H and O–H groups in total. The molecule has 1 nitrogen and oxygen atoms in total. The van der Waals surface area contributed by atoms with Crippen molar-refractivity contribution in [3.63, 3.8) is 0 Å². The first kappa shape index (κ1) is 15.6. The fraction of sp³-hybridized carbons (Fsp3) is 0.950. The number of Topliss-reactive ketones (excluding diaryl/α,β-unsaturated/α-hetero) is 1. The van der Waals surface area contributed by atoms with Gasteiger partial charge in [0, 0.05) is 11.8 Å². The van der Waals surface area contributed by atoms with Gasteiger partial charge in [-0.2, -0.15) is 0 Å². The van der Waals surface area contributed by atoms with Gasteiger partial charge in [0.2, 0.25) is 0 Å². The third-order valence-electron chi connectivity index (χ3n) is 7.65. The Hall–Kier alpha value is -0.330. The molecule has 0 aromatic rings. The highest BCUT2D eigenvalue weighted by molar-refractivity contribution is 5.85. The van der Waals surface area contributed by atoms with Crippen LogP contribution in [0.15, 0.2) is 0 Å². The quantitative estimate of drug-likeness (QED) is 0.633. The standard InChI is InChI=1S/C20H34O/c1-6-7-19(5,13(2)3)17(21)12-20-10-14(4)8-15-9-16(11-20)18(15)20/h13-16,18H,6-12H2,1-5H3. The summed E-state index contributed by atoms with van der Waals surface area (Å²) in [7, 11) is 0. The zero-order valence-corrected chi connectivity index (χ0v) is 14.7. The van der Waals surface area contributed by atoms with Crippen LogP contribution in [0.3, 0.4) is 0 Å². The Morgan fingerprint density at radius 1 is 1.24 bits per heavy atom. The second-order valence-electron chi connectivity index (χ2n) is 9.32. The van der Waals surface area contributed by atoms with Gasteiger partial charge in [0.25, 0.3) is 0 Å². The number of carbonyl (C=O) groups excluding carboxylic acids is 1. The first-order valence-corrected chi connectivity index (χ1v) is 9.35. The number of ketones is 1. The summed E-state index contributed by atoms with van der Waals surface area (Å²) in [6.45, 7) is 11.4. The fourth-order valence-corrected chi connectivity index (χ4v) is 6.39. The summed E-state index contributed by atoms with van der Waals surface area (Å²) in [5, 5.41) is 0. The monoisotopic (exact) mass is 290 g/mol. The zero-order valence-electron chi connectivity index (χ0n) is 14.7. The molecule has 6 unspecified atom stereocenters.